The van der Waals surface area contributed by atoms with Gasteiger partial charge >= 0.3 is 12.1 Å². The van der Waals surface area contributed by atoms with Gasteiger partial charge in [-0.25, -0.2) is 18.4 Å². The van der Waals surface area contributed by atoms with E-state index in [1.807, 2.05) is 6.92 Å². The van der Waals surface area contributed by atoms with E-state index in [0.717, 1.165) is 5.56 Å². The molecule has 2 heterocycles. The molecule has 0 spiro atoms. The number of alkyl halides is 1. The number of alkyl carbamates (subject to hydrolysis) is 1. The first-order valence-corrected chi connectivity index (χ1v) is 16.0. The van der Waals surface area contributed by atoms with Crippen LogP contribution in [0, 0.1) is 17.2 Å². The van der Waals surface area contributed by atoms with Gasteiger partial charge in [-0.1, -0.05) is 19.1 Å². The number of fused-ring (bicyclic) bond motifs is 1. The molecule has 3 atom stereocenters. The van der Waals surface area contributed by atoms with Crippen LogP contribution in [-0.4, -0.2) is 69.8 Å². The first kappa shape index (κ1) is 33.9. The minimum absolute atomic E-state index is 0.0221. The number of carboxylic acids is 1. The Morgan fingerprint density at radius 3 is 2.36 bits per heavy atom. The molecule has 3 amide bonds. The monoisotopic (exact) mass is 652 g/mol. The quantitative estimate of drug-likeness (QED) is 0.222. The van der Waals surface area contributed by atoms with Gasteiger partial charge in [-0.2, -0.15) is 0 Å². The number of nitrogens with zero attached hydrogens (tertiary/aromatic N) is 1. The predicted octanol–water partition coefficient (Wildman–Crippen LogP) is 6.39. The molecule has 1 saturated carbocycles. The van der Waals surface area contributed by atoms with Crippen LogP contribution in [0.1, 0.15) is 81.8 Å². The number of carboxylic acid groups (broad SMARTS) is 1. The summed E-state index contributed by atoms with van der Waals surface area (Å²) in [5.41, 5.74) is 0.275. The number of nitrogens with one attached hydrogen (secondary N) is 3. The lowest BCUT2D eigenvalue weighted by Gasteiger charge is -2.42. The second kappa shape index (κ2) is 13.3. The number of halogens is 2. The maximum Gasteiger partial charge on any atom is 0.407 e. The Labute approximate surface area is 272 Å². The molecule has 2 fully saturated rings. The number of rotatable bonds is 8. The maximum absolute atomic E-state index is 14.3. The molecule has 1 aliphatic heterocycles. The number of aromatic nitrogens is 1. The van der Waals surface area contributed by atoms with Crippen molar-refractivity contribution in [1.82, 2.24) is 15.2 Å². The number of benzene rings is 2. The number of carbonyl (C=O) groups excluding carboxylic acids is 3. The van der Waals surface area contributed by atoms with Gasteiger partial charge in [0.25, 0.3) is 0 Å². The highest BCUT2D eigenvalue weighted by atomic mass is 19.1. The van der Waals surface area contributed by atoms with Gasteiger partial charge in [0, 0.05) is 34.5 Å². The molecule has 5 rings (SSSR count). The molecule has 3 aromatic rings. The van der Waals surface area contributed by atoms with Gasteiger partial charge in [0.15, 0.2) is 0 Å². The third-order valence-corrected chi connectivity index (χ3v) is 9.43. The zero-order valence-electron chi connectivity index (χ0n) is 27.1. The minimum Gasteiger partial charge on any atom is -0.477 e. The molecule has 0 radical (unpaired) electrons. The summed E-state index contributed by atoms with van der Waals surface area (Å²) in [5, 5.41) is 15.5. The Kier molecular flexibility index (Phi) is 9.60. The summed E-state index contributed by atoms with van der Waals surface area (Å²) < 4.78 is 33.2. The predicted molar refractivity (Wildman–Crippen MR) is 172 cm³/mol. The molecular formula is C35H42F2N4O6. The Morgan fingerprint density at radius 2 is 1.74 bits per heavy atom. The molecule has 0 bridgehead atoms. The lowest BCUT2D eigenvalue weighted by Crippen LogP contribution is -2.52. The molecule has 1 saturated heterocycles. The van der Waals surface area contributed by atoms with Crippen molar-refractivity contribution >= 4 is 40.5 Å². The molecule has 252 valence electrons. The maximum atomic E-state index is 14.3. The van der Waals surface area contributed by atoms with E-state index < -0.39 is 53.6 Å². The topological polar surface area (TPSA) is 141 Å². The van der Waals surface area contributed by atoms with E-state index in [1.165, 1.54) is 18.2 Å². The first-order valence-electron chi connectivity index (χ1n) is 16.0. The number of hydrogen-bond acceptors (Lipinski definition) is 5. The third kappa shape index (κ3) is 7.58. The molecule has 1 aromatic heterocycles. The number of carbonyl (C=O) groups is 4. The molecule has 1 aliphatic carbocycles. The fourth-order valence-electron chi connectivity index (χ4n) is 6.93. The number of ether oxygens (including phenoxy) is 1. The van der Waals surface area contributed by atoms with Crippen molar-refractivity contribution in [3.8, 4) is 0 Å². The van der Waals surface area contributed by atoms with Crippen LogP contribution in [0.4, 0.5) is 19.3 Å². The summed E-state index contributed by atoms with van der Waals surface area (Å²) in [6, 6.07) is 10.8. The Morgan fingerprint density at radius 1 is 1.06 bits per heavy atom. The summed E-state index contributed by atoms with van der Waals surface area (Å²) in [6.45, 7) is 6.64. The standard InChI is InChI=1S/C35H42F2N4O6/c1-34(2,3)47-33(46)40-28(19-36)21-11-14-35(4,15-12-21)32(45)41-16-13-25(20-5-7-23(37)8-6-20)29(41)30(42)38-24-9-10-26-22(17-24)18-27(39-26)31(43)44/h5-10,17-18,21,25,28-29,39H,11-16,19H2,1-4H3,(H,38,42)(H,40,46)(H,43,44)/t21?,25-,28-,29?,35?/m1/s1. The van der Waals surface area contributed by atoms with E-state index in [1.54, 1.807) is 56.0 Å². The van der Waals surface area contributed by atoms with Gasteiger partial charge in [0.05, 0.1) is 6.04 Å². The molecule has 2 aliphatic rings. The summed E-state index contributed by atoms with van der Waals surface area (Å²) in [6.07, 6.45) is 1.73. The molecule has 47 heavy (non-hydrogen) atoms. The minimum atomic E-state index is -1.10. The van der Waals surface area contributed by atoms with Gasteiger partial charge in [-0.05, 0) is 101 Å². The van der Waals surface area contributed by atoms with Crippen LogP contribution < -0.4 is 10.6 Å². The van der Waals surface area contributed by atoms with Crippen molar-refractivity contribution < 1.29 is 37.8 Å². The largest absolute Gasteiger partial charge is 0.477 e. The van der Waals surface area contributed by atoms with Gasteiger partial charge in [0.2, 0.25) is 11.8 Å². The van der Waals surface area contributed by atoms with Crippen LogP contribution in [0.2, 0.25) is 0 Å². The van der Waals surface area contributed by atoms with Crippen molar-refractivity contribution in [1.29, 1.82) is 0 Å². The van der Waals surface area contributed by atoms with Crippen molar-refractivity contribution in [2.45, 2.75) is 83.4 Å². The third-order valence-electron chi connectivity index (χ3n) is 9.43. The average molecular weight is 653 g/mol. The van der Waals surface area contributed by atoms with Crippen molar-refractivity contribution in [2.24, 2.45) is 11.3 Å². The number of hydrogen-bond donors (Lipinski definition) is 4. The number of aromatic carboxylic acids is 1. The normalized spacial score (nSPS) is 23.7. The highest BCUT2D eigenvalue weighted by molar-refractivity contribution is 6.01. The summed E-state index contributed by atoms with van der Waals surface area (Å²) in [7, 11) is 0. The zero-order chi connectivity index (χ0) is 34.1. The molecule has 10 nitrogen and oxygen atoms in total. The van der Waals surface area contributed by atoms with E-state index in [2.05, 4.69) is 15.6 Å². The van der Waals surface area contributed by atoms with Gasteiger partial charge in [0.1, 0.15) is 29.8 Å². The van der Waals surface area contributed by atoms with Crippen molar-refractivity contribution in [3.05, 3.63) is 65.6 Å². The Hall–Kier alpha value is -4.48. The second-order valence-electron chi connectivity index (χ2n) is 14.0. The van der Waals surface area contributed by atoms with Crippen LogP contribution in [0.5, 0.6) is 0 Å². The van der Waals surface area contributed by atoms with E-state index in [4.69, 9.17) is 4.74 Å². The highest BCUT2D eigenvalue weighted by Crippen LogP contribution is 2.44. The van der Waals surface area contributed by atoms with Crippen molar-refractivity contribution in [2.75, 3.05) is 18.5 Å². The van der Waals surface area contributed by atoms with Crippen molar-refractivity contribution in [3.63, 3.8) is 0 Å². The van der Waals surface area contributed by atoms with Crippen LogP contribution >= 0.6 is 0 Å². The Balaban J connectivity index is 1.34. The molecule has 12 heteroatoms. The number of likely N-dealkylation sites (tertiary alicyclic amines) is 1. The van der Waals surface area contributed by atoms with E-state index in [0.29, 0.717) is 55.2 Å². The molecule has 2 aromatic carbocycles. The van der Waals surface area contributed by atoms with Gasteiger partial charge in [-0.3, -0.25) is 9.59 Å². The first-order chi connectivity index (χ1) is 22.2. The van der Waals surface area contributed by atoms with Crippen LogP contribution in [-0.2, 0) is 14.3 Å². The Bertz CT molecular complexity index is 1640. The van der Waals surface area contributed by atoms with Crippen LogP contribution in [0.3, 0.4) is 0 Å². The fraction of sp³-hybridized carbons (Fsp3) is 0.486. The summed E-state index contributed by atoms with van der Waals surface area (Å²) >= 11 is 0. The molecule has 1 unspecified atom stereocenters. The van der Waals surface area contributed by atoms with Gasteiger partial charge in [-0.15, -0.1) is 0 Å². The zero-order valence-corrected chi connectivity index (χ0v) is 27.1. The summed E-state index contributed by atoms with van der Waals surface area (Å²) in [4.78, 5) is 56.5. The van der Waals surface area contributed by atoms with E-state index in [9.17, 15) is 33.1 Å². The van der Waals surface area contributed by atoms with Crippen LogP contribution in [0.15, 0.2) is 48.5 Å². The second-order valence-corrected chi connectivity index (χ2v) is 14.0. The number of H-pyrrole nitrogens is 1. The average Bonchev–Trinajstić information content (AvgIpc) is 3.64. The lowest BCUT2D eigenvalue weighted by molar-refractivity contribution is -0.147. The number of anilines is 1. The smallest absolute Gasteiger partial charge is 0.407 e. The number of aromatic amines is 1. The molecule has 4 N–H and O–H groups in total. The van der Waals surface area contributed by atoms with Crippen LogP contribution in [0.25, 0.3) is 10.9 Å². The summed E-state index contributed by atoms with van der Waals surface area (Å²) in [5.74, 6) is -2.65. The fourth-order valence-corrected chi connectivity index (χ4v) is 6.93. The highest BCUT2D eigenvalue weighted by Gasteiger charge is 2.49. The van der Waals surface area contributed by atoms with E-state index >= 15 is 0 Å². The van der Waals surface area contributed by atoms with E-state index in [-0.39, 0.29) is 23.4 Å². The molecular weight excluding hydrogens is 610 g/mol. The SMILES string of the molecule is CC(C)(C)OC(=O)N[C@H](CF)C1CCC(C)(C(=O)N2CC[C@H](c3ccc(F)cc3)C2C(=O)Nc2ccc3[nH]c(C(=O)O)cc3c2)CC1. The van der Waals surface area contributed by atoms with Gasteiger partial charge < -0.3 is 30.4 Å². The number of amides is 3. The lowest BCUT2D eigenvalue weighted by atomic mass is 9.69.